The zero-order valence-corrected chi connectivity index (χ0v) is 18.1. The van der Waals surface area contributed by atoms with E-state index in [1.807, 2.05) is 19.1 Å². The fourth-order valence-corrected chi connectivity index (χ4v) is 2.04. The SMILES string of the molecule is Cc1nc(Nc2nc(C)c3cc[c-]cc3n2)[nH]c(=O)c1C.O=P(O)(O)O.[Na+]. The Morgan fingerprint density at radius 3 is 2.33 bits per heavy atom. The number of aromatic amines is 1. The molecule has 0 saturated carbocycles. The van der Waals surface area contributed by atoms with Crippen LogP contribution in [0.15, 0.2) is 23.0 Å². The molecule has 5 N–H and O–H groups in total. The van der Waals surface area contributed by atoms with E-state index in [-0.39, 0.29) is 35.1 Å². The van der Waals surface area contributed by atoms with E-state index in [0.29, 0.717) is 23.2 Å². The Hall–Kier alpha value is -1.65. The third kappa shape index (κ3) is 7.11. The van der Waals surface area contributed by atoms with Crippen LogP contribution >= 0.6 is 7.82 Å². The van der Waals surface area contributed by atoms with Crippen LogP contribution in [0.4, 0.5) is 11.9 Å². The number of aromatic nitrogens is 4. The van der Waals surface area contributed by atoms with Gasteiger partial charge in [0.15, 0.2) is 0 Å². The Morgan fingerprint density at radius 1 is 1.11 bits per heavy atom. The van der Waals surface area contributed by atoms with Crippen LogP contribution in [0.25, 0.3) is 10.9 Å². The molecular formula is C15H17N5NaO5P. The van der Waals surface area contributed by atoms with E-state index in [9.17, 15) is 4.79 Å². The summed E-state index contributed by atoms with van der Waals surface area (Å²) in [6.45, 7) is 5.43. The van der Waals surface area contributed by atoms with E-state index in [1.165, 1.54) is 0 Å². The monoisotopic (exact) mass is 401 g/mol. The van der Waals surface area contributed by atoms with Crippen LogP contribution in [0.1, 0.15) is 17.0 Å². The second kappa shape index (κ2) is 9.52. The number of hydrogen-bond donors (Lipinski definition) is 5. The number of rotatable bonds is 2. The van der Waals surface area contributed by atoms with Crippen LogP contribution in [0.5, 0.6) is 0 Å². The van der Waals surface area contributed by atoms with Crippen molar-refractivity contribution < 1.29 is 48.8 Å². The van der Waals surface area contributed by atoms with Gasteiger partial charge < -0.3 is 14.7 Å². The largest absolute Gasteiger partial charge is 1.00 e. The molecule has 0 spiro atoms. The van der Waals surface area contributed by atoms with E-state index in [1.54, 1.807) is 19.9 Å². The maximum Gasteiger partial charge on any atom is 1.00 e. The first-order chi connectivity index (χ1) is 12.0. The number of hydrogen-bond acceptors (Lipinski definition) is 6. The predicted molar refractivity (Wildman–Crippen MR) is 95.0 cm³/mol. The fraction of sp³-hybridized carbons (Fsp3) is 0.200. The molecule has 0 aliphatic heterocycles. The summed E-state index contributed by atoms with van der Waals surface area (Å²) in [7, 11) is -4.64. The van der Waals surface area contributed by atoms with E-state index in [4.69, 9.17) is 19.2 Å². The van der Waals surface area contributed by atoms with Gasteiger partial charge in [-0.2, -0.15) is 24.3 Å². The van der Waals surface area contributed by atoms with Gasteiger partial charge in [-0.25, -0.2) is 14.5 Å². The van der Waals surface area contributed by atoms with Gasteiger partial charge in [-0.1, -0.05) is 5.39 Å². The summed E-state index contributed by atoms with van der Waals surface area (Å²) in [6, 6.07) is 8.53. The minimum atomic E-state index is -4.64. The molecule has 0 atom stereocenters. The summed E-state index contributed by atoms with van der Waals surface area (Å²) in [5.74, 6) is 0.729. The second-order valence-electron chi connectivity index (χ2n) is 5.34. The van der Waals surface area contributed by atoms with Crippen LogP contribution in [0, 0.1) is 26.8 Å². The number of nitrogens with one attached hydrogen (secondary N) is 2. The number of fused-ring (bicyclic) bond motifs is 1. The maximum absolute atomic E-state index is 11.7. The van der Waals surface area contributed by atoms with Crippen molar-refractivity contribution in [2.75, 3.05) is 5.32 Å². The first kappa shape index (κ1) is 23.4. The zero-order valence-electron chi connectivity index (χ0n) is 15.2. The molecule has 3 aromatic rings. The third-order valence-electron chi connectivity index (χ3n) is 3.36. The molecule has 12 heteroatoms. The molecule has 0 aliphatic rings. The first-order valence-electron chi connectivity index (χ1n) is 7.32. The van der Waals surface area contributed by atoms with Gasteiger partial charge in [0.05, 0.1) is 0 Å². The summed E-state index contributed by atoms with van der Waals surface area (Å²) >= 11 is 0. The fourth-order valence-electron chi connectivity index (χ4n) is 2.04. The Kier molecular flexibility index (Phi) is 8.24. The zero-order chi connectivity index (χ0) is 19.5. The number of phosphoric acid groups is 1. The van der Waals surface area contributed by atoms with E-state index in [2.05, 4.69) is 31.3 Å². The molecule has 1 aromatic carbocycles. The molecule has 0 aliphatic carbocycles. The van der Waals surface area contributed by atoms with Crippen molar-refractivity contribution in [3.05, 3.63) is 51.6 Å². The topological polar surface area (TPSA) is 161 Å². The van der Waals surface area contributed by atoms with Crippen molar-refractivity contribution in [2.24, 2.45) is 0 Å². The van der Waals surface area contributed by atoms with Gasteiger partial charge in [0.25, 0.3) is 5.56 Å². The summed E-state index contributed by atoms with van der Waals surface area (Å²) in [5.41, 5.74) is 2.75. The van der Waals surface area contributed by atoms with Gasteiger partial charge in [0.2, 0.25) is 11.9 Å². The smallest absolute Gasteiger partial charge is 0.303 e. The summed E-state index contributed by atoms with van der Waals surface area (Å²) in [4.78, 5) is 49.0. The minimum Gasteiger partial charge on any atom is -0.303 e. The molecule has 0 fully saturated rings. The average Bonchev–Trinajstić information content (AvgIpc) is 2.51. The quantitative estimate of drug-likeness (QED) is 0.191. The number of H-pyrrole nitrogens is 1. The average molecular weight is 401 g/mol. The van der Waals surface area contributed by atoms with E-state index >= 15 is 0 Å². The molecule has 2 heterocycles. The van der Waals surface area contributed by atoms with Gasteiger partial charge in [0.1, 0.15) is 0 Å². The van der Waals surface area contributed by atoms with Gasteiger partial charge in [-0.15, -0.1) is 0 Å². The number of nitrogens with zero attached hydrogens (tertiary/aromatic N) is 3. The number of aryl methyl sites for hydroxylation is 2. The number of anilines is 2. The maximum atomic E-state index is 11.7. The van der Waals surface area contributed by atoms with Crippen LogP contribution < -0.4 is 40.4 Å². The van der Waals surface area contributed by atoms with Crippen molar-refractivity contribution in [3.8, 4) is 0 Å². The Balaban J connectivity index is 0.000000542. The van der Waals surface area contributed by atoms with Crippen molar-refractivity contribution in [1.29, 1.82) is 0 Å². The molecule has 0 saturated heterocycles. The molecule has 3 rings (SSSR count). The Bertz CT molecular complexity index is 1040. The minimum absolute atomic E-state index is 0. The van der Waals surface area contributed by atoms with Gasteiger partial charge >= 0.3 is 37.4 Å². The Morgan fingerprint density at radius 2 is 1.74 bits per heavy atom. The molecule has 138 valence electrons. The van der Waals surface area contributed by atoms with Crippen molar-refractivity contribution in [1.82, 2.24) is 19.9 Å². The van der Waals surface area contributed by atoms with Gasteiger partial charge in [-0.3, -0.25) is 20.1 Å². The first-order valence-corrected chi connectivity index (χ1v) is 8.88. The number of benzene rings is 1. The molecular weight excluding hydrogens is 384 g/mol. The van der Waals surface area contributed by atoms with Crippen LogP contribution in [0.2, 0.25) is 0 Å². The van der Waals surface area contributed by atoms with Gasteiger partial charge in [0, 0.05) is 17.0 Å². The second-order valence-corrected chi connectivity index (χ2v) is 6.37. The molecule has 0 amide bonds. The summed E-state index contributed by atoms with van der Waals surface area (Å²) in [6.07, 6.45) is 0. The molecule has 2 aromatic heterocycles. The summed E-state index contributed by atoms with van der Waals surface area (Å²) in [5, 5.41) is 3.92. The third-order valence-corrected chi connectivity index (χ3v) is 3.36. The van der Waals surface area contributed by atoms with Crippen molar-refractivity contribution in [3.63, 3.8) is 0 Å². The molecule has 10 nitrogen and oxygen atoms in total. The van der Waals surface area contributed by atoms with Crippen LogP contribution in [-0.4, -0.2) is 34.6 Å². The van der Waals surface area contributed by atoms with Crippen molar-refractivity contribution in [2.45, 2.75) is 20.8 Å². The molecule has 27 heavy (non-hydrogen) atoms. The molecule has 0 radical (unpaired) electrons. The Labute approximate surface area is 176 Å². The molecule has 0 bridgehead atoms. The normalized spacial score (nSPS) is 10.6. The van der Waals surface area contributed by atoms with E-state index in [0.717, 1.165) is 16.6 Å². The molecule has 0 unspecified atom stereocenters. The standard InChI is InChI=1S/C15H14N5O.Na.H3O4P/c1-8-9(2)16-15(19-13(8)21)20-14-17-10(3)11-6-4-5-7-12(11)18-14;;1-5(2,3)4/h4,6-7H,1-3H3,(H2,16,17,18,19,20,21);;(H3,1,2,3,4)/q-1;+1;. The summed E-state index contributed by atoms with van der Waals surface area (Å²) < 4.78 is 8.88. The van der Waals surface area contributed by atoms with Gasteiger partial charge in [-0.05, 0) is 26.3 Å². The predicted octanol–water partition coefficient (Wildman–Crippen LogP) is -1.74. The van der Waals surface area contributed by atoms with Crippen molar-refractivity contribution >= 4 is 30.6 Å². The van der Waals surface area contributed by atoms with E-state index < -0.39 is 7.82 Å². The van der Waals surface area contributed by atoms with Crippen LogP contribution in [0.3, 0.4) is 0 Å². The van der Waals surface area contributed by atoms with Crippen LogP contribution in [-0.2, 0) is 4.57 Å².